The number of hydrogen-bond donors (Lipinski definition) is 1. The quantitative estimate of drug-likeness (QED) is 0.828. The molecule has 0 radical (unpaired) electrons. The van der Waals surface area contributed by atoms with Crippen LogP contribution in [0.1, 0.15) is 59.1 Å². The first kappa shape index (κ1) is 20.1. The van der Waals surface area contributed by atoms with E-state index in [0.29, 0.717) is 18.3 Å². The number of benzene rings is 1. The number of carbonyl (C=O) groups is 1. The van der Waals surface area contributed by atoms with Crippen molar-refractivity contribution in [2.24, 2.45) is 17.8 Å². The van der Waals surface area contributed by atoms with Gasteiger partial charge in [0, 0.05) is 12.3 Å². The molecule has 0 saturated heterocycles. The van der Waals surface area contributed by atoms with Crippen molar-refractivity contribution in [3.8, 4) is 5.75 Å². The lowest BCUT2D eigenvalue weighted by atomic mass is 9.79. The first-order valence-corrected chi connectivity index (χ1v) is 10.1. The van der Waals surface area contributed by atoms with Gasteiger partial charge in [0.2, 0.25) is 0 Å². The van der Waals surface area contributed by atoms with Gasteiger partial charge < -0.3 is 4.74 Å². The molecule has 1 aromatic carbocycles. The van der Waals surface area contributed by atoms with Gasteiger partial charge in [0.1, 0.15) is 11.5 Å². The molecule has 1 aromatic rings. The molecule has 4 atom stereocenters. The molecular formula is C20H31NO3S. The third-order valence-corrected chi connectivity index (χ3v) is 6.62. The Bertz CT molecular complexity index is 619. The smallest absolute Gasteiger partial charge is 0.138 e. The number of Topliss-reactive ketones (excluding diaryl/α,β-unsaturated/α-hetero) is 1. The monoisotopic (exact) mass is 365 g/mol. The normalized spacial score (nSPS) is 23.7. The van der Waals surface area contributed by atoms with Crippen LogP contribution >= 0.6 is 0 Å². The fourth-order valence-corrected chi connectivity index (χ4v) is 4.39. The van der Waals surface area contributed by atoms with E-state index in [-0.39, 0.29) is 22.5 Å². The van der Waals surface area contributed by atoms with Gasteiger partial charge in [0.05, 0.1) is 28.9 Å². The van der Waals surface area contributed by atoms with Crippen LogP contribution in [0.15, 0.2) is 24.3 Å². The highest BCUT2D eigenvalue weighted by molar-refractivity contribution is 7.84. The molecule has 1 fully saturated rings. The minimum atomic E-state index is -1.25. The number of carbonyl (C=O) groups excluding carboxylic acids is 1. The fraction of sp³-hybridized carbons (Fsp3) is 0.650. The van der Waals surface area contributed by atoms with Crippen molar-refractivity contribution in [3.63, 3.8) is 0 Å². The summed E-state index contributed by atoms with van der Waals surface area (Å²) in [5, 5.41) is 0. The van der Waals surface area contributed by atoms with E-state index in [1.165, 1.54) is 0 Å². The molecule has 1 aliphatic carbocycles. The van der Waals surface area contributed by atoms with Gasteiger partial charge in [-0.05, 0) is 56.7 Å². The van der Waals surface area contributed by atoms with Gasteiger partial charge in [-0.15, -0.1) is 0 Å². The summed E-state index contributed by atoms with van der Waals surface area (Å²) >= 11 is 0. The summed E-state index contributed by atoms with van der Waals surface area (Å²) in [7, 11) is 0.386. The predicted molar refractivity (Wildman–Crippen MR) is 103 cm³/mol. The maximum Gasteiger partial charge on any atom is 0.138 e. The first-order valence-electron chi connectivity index (χ1n) is 9.00. The summed E-state index contributed by atoms with van der Waals surface area (Å²) in [6.07, 6.45) is 1.53. The van der Waals surface area contributed by atoms with Crippen LogP contribution in [-0.4, -0.2) is 21.8 Å². The summed E-state index contributed by atoms with van der Waals surface area (Å²) in [5.41, 5.74) is 0.990. The number of hydrogen-bond acceptors (Lipinski definition) is 3. The molecule has 1 N–H and O–H groups in total. The van der Waals surface area contributed by atoms with Crippen molar-refractivity contribution in [2.45, 2.75) is 58.2 Å². The van der Waals surface area contributed by atoms with Crippen LogP contribution in [0, 0.1) is 17.8 Å². The van der Waals surface area contributed by atoms with Crippen LogP contribution in [0.5, 0.6) is 5.75 Å². The van der Waals surface area contributed by atoms with Crippen molar-refractivity contribution in [3.05, 3.63) is 29.8 Å². The van der Waals surface area contributed by atoms with Crippen LogP contribution in [-0.2, 0) is 15.8 Å². The Labute approximate surface area is 154 Å². The average molecular weight is 366 g/mol. The largest absolute Gasteiger partial charge is 0.497 e. The van der Waals surface area contributed by atoms with E-state index in [1.807, 2.05) is 45.0 Å². The van der Waals surface area contributed by atoms with Gasteiger partial charge in [0.15, 0.2) is 0 Å². The molecule has 0 unspecified atom stereocenters. The van der Waals surface area contributed by atoms with Gasteiger partial charge in [-0.2, -0.15) is 0 Å². The van der Waals surface area contributed by atoms with Crippen molar-refractivity contribution in [1.29, 1.82) is 0 Å². The molecule has 0 amide bonds. The van der Waals surface area contributed by atoms with Gasteiger partial charge in [-0.25, -0.2) is 8.93 Å². The first-order chi connectivity index (χ1) is 11.6. The highest BCUT2D eigenvalue weighted by Gasteiger charge is 2.43. The van der Waals surface area contributed by atoms with Crippen molar-refractivity contribution >= 4 is 16.8 Å². The van der Waals surface area contributed by atoms with E-state index in [4.69, 9.17) is 4.74 Å². The van der Waals surface area contributed by atoms with Crippen LogP contribution in [0.25, 0.3) is 0 Å². The number of methoxy groups -OCH3 is 1. The average Bonchev–Trinajstić information content (AvgIpc) is 2.93. The van der Waals surface area contributed by atoms with Gasteiger partial charge in [-0.3, -0.25) is 4.79 Å². The summed E-state index contributed by atoms with van der Waals surface area (Å²) in [6, 6.07) is 7.49. The van der Waals surface area contributed by atoms with Crippen molar-refractivity contribution in [1.82, 2.24) is 4.72 Å². The fourth-order valence-electron chi connectivity index (χ4n) is 3.53. The SMILES string of the molecule is COc1ccc([C@@H](N[S@](=O)C(C)(C)C)[C@@H]2C(=O)CC[C@H]2C(C)C)cc1. The molecule has 5 heteroatoms. The van der Waals surface area contributed by atoms with E-state index >= 15 is 0 Å². The second-order valence-corrected chi connectivity index (χ2v) is 10.2. The topological polar surface area (TPSA) is 55.4 Å². The summed E-state index contributed by atoms with van der Waals surface area (Å²) < 4.78 is 20.9. The minimum absolute atomic E-state index is 0.139. The Morgan fingerprint density at radius 3 is 2.28 bits per heavy atom. The third-order valence-electron chi connectivity index (χ3n) is 5.04. The molecule has 0 bridgehead atoms. The number of nitrogens with one attached hydrogen (secondary N) is 1. The molecule has 25 heavy (non-hydrogen) atoms. The lowest BCUT2D eigenvalue weighted by molar-refractivity contribution is -0.122. The van der Waals surface area contributed by atoms with Gasteiger partial charge in [-0.1, -0.05) is 26.0 Å². The second kappa shape index (κ2) is 8.00. The molecule has 0 heterocycles. The lowest BCUT2D eigenvalue weighted by Gasteiger charge is -2.32. The highest BCUT2D eigenvalue weighted by atomic mass is 32.2. The molecule has 1 aliphatic rings. The Hall–Kier alpha value is -1.20. The van der Waals surface area contributed by atoms with Crippen LogP contribution in [0.3, 0.4) is 0 Å². The predicted octanol–water partition coefficient (Wildman–Crippen LogP) is 4.04. The molecule has 0 aromatic heterocycles. The molecular weight excluding hydrogens is 334 g/mol. The lowest BCUT2D eigenvalue weighted by Crippen LogP contribution is -2.41. The van der Waals surface area contributed by atoms with Crippen molar-refractivity contribution < 1.29 is 13.7 Å². The zero-order chi connectivity index (χ0) is 18.8. The third kappa shape index (κ3) is 4.70. The maximum atomic E-state index is 12.8. The van der Waals surface area contributed by atoms with E-state index in [1.54, 1.807) is 7.11 Å². The molecule has 0 aliphatic heterocycles. The molecule has 2 rings (SSSR count). The maximum absolute atomic E-state index is 12.8. The number of ketones is 1. The van der Waals surface area contributed by atoms with E-state index in [0.717, 1.165) is 17.7 Å². The van der Waals surface area contributed by atoms with Crippen molar-refractivity contribution in [2.75, 3.05) is 7.11 Å². The summed E-state index contributed by atoms with van der Waals surface area (Å²) in [4.78, 5) is 12.7. The van der Waals surface area contributed by atoms with E-state index in [9.17, 15) is 9.00 Å². The van der Waals surface area contributed by atoms with Crippen LogP contribution in [0.2, 0.25) is 0 Å². The Kier molecular flexibility index (Phi) is 6.44. The summed E-state index contributed by atoms with van der Waals surface area (Å²) in [5.74, 6) is 1.64. The van der Waals surface area contributed by atoms with E-state index < -0.39 is 11.0 Å². The summed E-state index contributed by atoms with van der Waals surface area (Å²) in [6.45, 7) is 10.2. The van der Waals surface area contributed by atoms with E-state index in [2.05, 4.69) is 18.6 Å². The number of rotatable bonds is 6. The van der Waals surface area contributed by atoms with Gasteiger partial charge in [0.25, 0.3) is 0 Å². The van der Waals surface area contributed by atoms with Gasteiger partial charge >= 0.3 is 0 Å². The molecule has 1 saturated carbocycles. The van der Waals surface area contributed by atoms with Crippen LogP contribution < -0.4 is 9.46 Å². The Balaban J connectivity index is 2.40. The Morgan fingerprint density at radius 2 is 1.80 bits per heavy atom. The second-order valence-electron chi connectivity index (χ2n) is 8.19. The standard InChI is InChI=1S/C20H31NO3S/c1-13(2)16-11-12-17(22)18(16)19(21-25(23)20(3,4)5)14-7-9-15(24-6)10-8-14/h7-10,13,16,18-19,21H,11-12H2,1-6H3/t16-,18-,19+,25+/m0/s1. The molecule has 0 spiro atoms. The molecule has 4 nitrogen and oxygen atoms in total. The Morgan fingerprint density at radius 1 is 1.20 bits per heavy atom. The zero-order valence-corrected chi connectivity index (χ0v) is 17.0. The number of ether oxygens (including phenoxy) is 1. The highest BCUT2D eigenvalue weighted by Crippen LogP contribution is 2.42. The van der Waals surface area contributed by atoms with Crippen LogP contribution in [0.4, 0.5) is 0 Å². The zero-order valence-electron chi connectivity index (χ0n) is 16.2. The minimum Gasteiger partial charge on any atom is -0.497 e. The molecule has 140 valence electrons.